The van der Waals surface area contributed by atoms with Gasteiger partial charge in [0.25, 0.3) is 5.91 Å². The van der Waals surface area contributed by atoms with Crippen LogP contribution in [-0.4, -0.2) is 5.91 Å². The maximum Gasteiger partial charge on any atom is 0.256 e. The molecule has 0 aliphatic heterocycles. The van der Waals surface area contributed by atoms with Crippen LogP contribution in [0.5, 0.6) is 0 Å². The highest BCUT2D eigenvalue weighted by molar-refractivity contribution is 9.10. The third-order valence-corrected chi connectivity index (χ3v) is 4.20. The van der Waals surface area contributed by atoms with Gasteiger partial charge in [-0.1, -0.05) is 30.3 Å². The lowest BCUT2D eigenvalue weighted by Crippen LogP contribution is -2.15. The fourth-order valence-electron chi connectivity index (χ4n) is 2.10. The molecule has 0 saturated heterocycles. The fourth-order valence-corrected chi connectivity index (χ4v) is 2.46. The van der Waals surface area contributed by atoms with Gasteiger partial charge in [0.2, 0.25) is 0 Å². The molecule has 2 aromatic carbocycles. The highest BCUT2D eigenvalue weighted by Gasteiger charge is 2.13. The molecule has 0 aliphatic rings. The minimum Gasteiger partial charge on any atom is -0.321 e. The Morgan fingerprint density at radius 1 is 0.947 bits per heavy atom. The minimum absolute atomic E-state index is 0.0677. The van der Waals surface area contributed by atoms with Gasteiger partial charge in [0.05, 0.1) is 5.69 Å². The molecular formula is C16H16BrNO. The topological polar surface area (TPSA) is 29.1 Å². The van der Waals surface area contributed by atoms with Crippen molar-refractivity contribution >= 4 is 27.5 Å². The minimum atomic E-state index is -0.0677. The summed E-state index contributed by atoms with van der Waals surface area (Å²) in [6.07, 6.45) is 0. The van der Waals surface area contributed by atoms with Gasteiger partial charge >= 0.3 is 0 Å². The first-order chi connectivity index (χ1) is 9.00. The molecule has 0 unspecified atom stereocenters. The van der Waals surface area contributed by atoms with Gasteiger partial charge in [-0.05, 0) is 59.5 Å². The van der Waals surface area contributed by atoms with E-state index in [4.69, 9.17) is 0 Å². The van der Waals surface area contributed by atoms with Gasteiger partial charge in [0.1, 0.15) is 0 Å². The second-order valence-electron chi connectivity index (χ2n) is 4.66. The van der Waals surface area contributed by atoms with Gasteiger partial charge in [0.15, 0.2) is 0 Å². The van der Waals surface area contributed by atoms with Crippen LogP contribution in [0.4, 0.5) is 5.69 Å². The molecule has 0 atom stereocenters. The molecule has 0 spiro atoms. The number of carbonyl (C=O) groups is 1. The van der Waals surface area contributed by atoms with E-state index >= 15 is 0 Å². The van der Waals surface area contributed by atoms with Crippen molar-refractivity contribution in [1.29, 1.82) is 0 Å². The molecule has 0 heterocycles. The Morgan fingerprint density at radius 2 is 1.47 bits per heavy atom. The number of halogens is 1. The molecule has 0 aromatic heterocycles. The van der Waals surface area contributed by atoms with Crippen molar-refractivity contribution in [3.05, 3.63) is 63.1 Å². The van der Waals surface area contributed by atoms with Crippen molar-refractivity contribution in [2.24, 2.45) is 0 Å². The maximum atomic E-state index is 12.4. The molecule has 3 heteroatoms. The smallest absolute Gasteiger partial charge is 0.256 e. The average Bonchev–Trinajstić information content (AvgIpc) is 2.35. The van der Waals surface area contributed by atoms with Crippen molar-refractivity contribution in [3.63, 3.8) is 0 Å². The molecule has 1 amide bonds. The Kier molecular flexibility index (Phi) is 4.05. The summed E-state index contributed by atoms with van der Waals surface area (Å²) in [6.45, 7) is 5.90. The lowest BCUT2D eigenvalue weighted by atomic mass is 10.0. The number of carbonyl (C=O) groups excluding carboxylic acids is 1. The summed E-state index contributed by atoms with van der Waals surface area (Å²) in [6, 6.07) is 11.7. The Bertz CT molecular complexity index is 614. The summed E-state index contributed by atoms with van der Waals surface area (Å²) in [5.74, 6) is -0.0677. The molecule has 0 saturated carbocycles. The number of hydrogen-bond donors (Lipinski definition) is 1. The van der Waals surface area contributed by atoms with Gasteiger partial charge in [-0.15, -0.1) is 0 Å². The highest BCUT2D eigenvalue weighted by Crippen LogP contribution is 2.26. The first kappa shape index (κ1) is 13.8. The number of nitrogens with one attached hydrogen (secondary N) is 1. The van der Waals surface area contributed by atoms with E-state index < -0.39 is 0 Å². The van der Waals surface area contributed by atoms with E-state index in [-0.39, 0.29) is 5.91 Å². The Hall–Kier alpha value is -1.61. The number of benzene rings is 2. The van der Waals surface area contributed by atoms with Gasteiger partial charge in [0, 0.05) is 10.0 Å². The molecule has 0 bridgehead atoms. The summed E-state index contributed by atoms with van der Waals surface area (Å²) in [4.78, 5) is 12.4. The van der Waals surface area contributed by atoms with Crippen LogP contribution in [0.3, 0.4) is 0 Å². The number of aryl methyl sites for hydroxylation is 3. The van der Waals surface area contributed by atoms with E-state index in [0.717, 1.165) is 32.4 Å². The normalized spacial score (nSPS) is 10.3. The predicted molar refractivity (Wildman–Crippen MR) is 82.7 cm³/mol. The van der Waals surface area contributed by atoms with Crippen molar-refractivity contribution in [3.8, 4) is 0 Å². The zero-order valence-corrected chi connectivity index (χ0v) is 12.8. The number of hydrogen-bond acceptors (Lipinski definition) is 1. The summed E-state index contributed by atoms with van der Waals surface area (Å²) in [5.41, 5.74) is 4.62. The fraction of sp³-hybridized carbons (Fsp3) is 0.188. The zero-order valence-electron chi connectivity index (χ0n) is 11.3. The van der Waals surface area contributed by atoms with Gasteiger partial charge in [-0.3, -0.25) is 4.79 Å². The predicted octanol–water partition coefficient (Wildman–Crippen LogP) is 4.63. The second-order valence-corrected chi connectivity index (χ2v) is 5.45. The van der Waals surface area contributed by atoms with Crippen molar-refractivity contribution in [1.82, 2.24) is 0 Å². The summed E-state index contributed by atoms with van der Waals surface area (Å²) in [7, 11) is 0. The van der Waals surface area contributed by atoms with Crippen molar-refractivity contribution in [2.45, 2.75) is 20.8 Å². The van der Waals surface area contributed by atoms with E-state index in [1.807, 2.05) is 57.2 Å². The Balaban J connectivity index is 2.34. The zero-order chi connectivity index (χ0) is 14.0. The van der Waals surface area contributed by atoms with Crippen LogP contribution in [-0.2, 0) is 0 Å². The van der Waals surface area contributed by atoms with E-state index in [1.54, 1.807) is 0 Å². The summed E-state index contributed by atoms with van der Waals surface area (Å²) in [5, 5.41) is 2.96. The molecule has 0 radical (unpaired) electrons. The first-order valence-corrected chi connectivity index (χ1v) is 6.92. The molecule has 2 rings (SSSR count). The highest BCUT2D eigenvalue weighted by atomic mass is 79.9. The van der Waals surface area contributed by atoms with E-state index in [0.29, 0.717) is 0 Å². The average molecular weight is 318 g/mol. The summed E-state index contributed by atoms with van der Waals surface area (Å²) >= 11 is 3.50. The van der Waals surface area contributed by atoms with Crippen LogP contribution in [0.1, 0.15) is 27.0 Å². The van der Waals surface area contributed by atoms with E-state index in [9.17, 15) is 4.79 Å². The number of rotatable bonds is 2. The largest absolute Gasteiger partial charge is 0.321 e. The lowest BCUT2D eigenvalue weighted by Gasteiger charge is -2.12. The molecule has 98 valence electrons. The lowest BCUT2D eigenvalue weighted by molar-refractivity contribution is 0.102. The van der Waals surface area contributed by atoms with Crippen LogP contribution >= 0.6 is 15.9 Å². The Labute approximate surface area is 122 Å². The monoisotopic (exact) mass is 317 g/mol. The first-order valence-electron chi connectivity index (χ1n) is 6.13. The van der Waals surface area contributed by atoms with Crippen molar-refractivity contribution in [2.75, 3.05) is 5.32 Å². The second kappa shape index (κ2) is 5.57. The van der Waals surface area contributed by atoms with Crippen molar-refractivity contribution < 1.29 is 4.79 Å². The molecule has 2 nitrogen and oxygen atoms in total. The molecular weight excluding hydrogens is 302 g/mol. The van der Waals surface area contributed by atoms with Gasteiger partial charge < -0.3 is 5.32 Å². The molecule has 0 aliphatic carbocycles. The van der Waals surface area contributed by atoms with Crippen LogP contribution in [0, 0.1) is 20.8 Å². The summed E-state index contributed by atoms with van der Waals surface area (Å²) < 4.78 is 0.926. The third kappa shape index (κ3) is 2.87. The van der Waals surface area contributed by atoms with Crippen LogP contribution in [0.15, 0.2) is 40.9 Å². The standard InChI is InChI=1S/C16H16BrNO/c1-10-6-4-7-11(2)14(10)16(19)18-13-9-5-8-12(3)15(13)17/h4-9H,1-3H3,(H,18,19). The van der Waals surface area contributed by atoms with E-state index in [1.165, 1.54) is 0 Å². The number of anilines is 1. The Morgan fingerprint density at radius 3 is 2.11 bits per heavy atom. The quantitative estimate of drug-likeness (QED) is 0.859. The third-order valence-electron chi connectivity index (χ3n) is 3.15. The van der Waals surface area contributed by atoms with Gasteiger partial charge in [-0.25, -0.2) is 0 Å². The molecule has 2 aromatic rings. The molecule has 1 N–H and O–H groups in total. The molecule has 0 fully saturated rings. The van der Waals surface area contributed by atoms with Gasteiger partial charge in [-0.2, -0.15) is 0 Å². The van der Waals surface area contributed by atoms with Crippen LogP contribution in [0.2, 0.25) is 0 Å². The van der Waals surface area contributed by atoms with E-state index in [2.05, 4.69) is 21.2 Å². The van der Waals surface area contributed by atoms with Crippen LogP contribution in [0.25, 0.3) is 0 Å². The number of amides is 1. The van der Waals surface area contributed by atoms with Crippen LogP contribution < -0.4 is 5.32 Å². The molecule has 19 heavy (non-hydrogen) atoms. The maximum absolute atomic E-state index is 12.4. The SMILES string of the molecule is Cc1cccc(NC(=O)c2c(C)cccc2C)c1Br.